The zero-order valence-electron chi connectivity index (χ0n) is 77.9. The van der Waals surface area contributed by atoms with E-state index in [0.29, 0.717) is 0 Å². The molecule has 4 aromatic carbocycles. The molecule has 12 N–H and O–H groups in total. The van der Waals surface area contributed by atoms with Gasteiger partial charge in [-0.2, -0.15) is 0 Å². The van der Waals surface area contributed by atoms with E-state index in [1.165, 1.54) is 72.4 Å². The molecule has 0 aliphatic rings. The monoisotopic (exact) mass is 1960 g/mol. The van der Waals surface area contributed by atoms with Gasteiger partial charge >= 0.3 is 78.1 Å². The summed E-state index contributed by atoms with van der Waals surface area (Å²) in [5.41, 5.74) is 2.86. The zero-order valence-corrected chi connectivity index (χ0v) is 79.9. The average Bonchev–Trinajstić information content (AvgIpc) is 1.67. The molecule has 52 nitrogen and oxygen atoms in total. The van der Waals surface area contributed by atoms with Crippen LogP contribution in [0.3, 0.4) is 0 Å². The number of esters is 1. The Morgan fingerprint density at radius 2 is 0.582 bits per heavy atom. The molecule has 12 aromatic rings. The summed E-state index contributed by atoms with van der Waals surface area (Å²) >= 11 is 0. The second-order valence-electron chi connectivity index (χ2n) is 31.8. The molecule has 8 aromatic heterocycles. The minimum Gasteiger partial charge on any atom is -0.870 e. The van der Waals surface area contributed by atoms with Gasteiger partial charge < -0.3 is 108 Å². The normalized spacial score (nSPS) is 10.8. The quantitative estimate of drug-likeness (QED) is 0.0149. The number of nitrogens with zero attached hydrogens (tertiary/aromatic N) is 20. The Kier molecular flexibility index (Phi) is 41.8. The summed E-state index contributed by atoms with van der Waals surface area (Å²) in [5.74, 6) is -5.60. The Labute approximate surface area is 825 Å². The van der Waals surface area contributed by atoms with Crippen molar-refractivity contribution in [1.82, 2.24) is 119 Å². The molecule has 12 amide bonds. The number of hydrogen-bond acceptors (Lipinski definition) is 34. The number of carboxylic acid groups (broad SMARTS) is 1. The Hall–Kier alpha value is -16.6. The number of imidazole rings is 4. The van der Waals surface area contributed by atoms with Crippen LogP contribution in [-0.2, 0) is 124 Å². The van der Waals surface area contributed by atoms with Crippen molar-refractivity contribution in [3.8, 4) is 0 Å². The summed E-state index contributed by atoms with van der Waals surface area (Å²) in [6.07, 6.45) is 5.26. The molecular formula is C88H103N28NaO24. The molecule has 8 heterocycles. The molecule has 0 radical (unpaired) electrons. The number of fused-ring (bicyclic) bond motifs is 4. The summed E-state index contributed by atoms with van der Waals surface area (Å²) < 4.78 is 42.4. The van der Waals surface area contributed by atoms with Crippen LogP contribution in [0, 0.1) is 0 Å². The number of benzene rings is 4. The minimum atomic E-state index is -1.32. The Balaban J connectivity index is 0.000000338. The van der Waals surface area contributed by atoms with Gasteiger partial charge in [0.15, 0.2) is 67.9 Å². The molecule has 0 aliphatic heterocycles. The van der Waals surface area contributed by atoms with Crippen LogP contribution < -0.4 is 72.1 Å². The van der Waals surface area contributed by atoms with E-state index in [0.717, 1.165) is 38.4 Å². The largest absolute Gasteiger partial charge is 1.00 e. The SMILES string of the molecule is CC(C)(C)OC(=O)NCCN(CC(=O)NCCN(CC(=O)O)C(=O)Cn1cnc2c(NC(=O)OCc3ccccc3)ncnc21)C(=O)Cn1cnc2c(NC(=O)OCc3ccccc3)ncnc21.CCOC(=O)CN(CCNC(=O)CN(CCNC(=O)OC(C)(C)C)C(=O)Cn1cnc2c(NC(=O)OCc3ccccc3)ncnc21)C(=O)Cn1cnc2c(NC(=O)OCc3ccccc3)ncnc21.O.[Na+].[OH-]. The van der Waals surface area contributed by atoms with Crippen LogP contribution in [0.15, 0.2) is 172 Å². The fourth-order valence-electron chi connectivity index (χ4n) is 12.8. The molecule has 740 valence electrons. The number of rotatable bonds is 41. The number of carbonyl (C=O) groups is 14. The van der Waals surface area contributed by atoms with Gasteiger partial charge in [-0.25, -0.2) is 88.6 Å². The second-order valence-corrected chi connectivity index (χ2v) is 31.8. The van der Waals surface area contributed by atoms with Gasteiger partial charge in [0.05, 0.1) is 45.0 Å². The predicted molar refractivity (Wildman–Crippen MR) is 493 cm³/mol. The van der Waals surface area contributed by atoms with Gasteiger partial charge in [0.2, 0.25) is 35.4 Å². The van der Waals surface area contributed by atoms with E-state index in [1.54, 1.807) is 109 Å². The van der Waals surface area contributed by atoms with Crippen LogP contribution in [0.25, 0.3) is 44.7 Å². The first-order chi connectivity index (χ1) is 66.3. The maximum atomic E-state index is 13.9. The first-order valence-corrected chi connectivity index (χ1v) is 42.8. The van der Waals surface area contributed by atoms with Crippen molar-refractivity contribution in [2.75, 3.05) is 106 Å². The van der Waals surface area contributed by atoms with Crippen molar-refractivity contribution in [2.24, 2.45) is 0 Å². The third kappa shape index (κ3) is 34.9. The number of carbonyl (C=O) groups excluding carboxylic acids is 13. The molecule has 0 saturated carbocycles. The average molecular weight is 1960 g/mol. The van der Waals surface area contributed by atoms with Gasteiger partial charge in [0, 0.05) is 52.4 Å². The van der Waals surface area contributed by atoms with E-state index in [-0.39, 0.29) is 213 Å². The number of ether oxygens (including phenoxy) is 7. The summed E-state index contributed by atoms with van der Waals surface area (Å²) in [7, 11) is 0. The molecule has 0 fully saturated rings. The molecule has 0 atom stereocenters. The number of aliphatic carboxylic acids is 1. The topological polar surface area (TPSA) is 669 Å². The molecule has 0 unspecified atom stereocenters. The summed E-state index contributed by atoms with van der Waals surface area (Å²) in [6, 6.07) is 36.2. The van der Waals surface area contributed by atoms with Crippen molar-refractivity contribution >= 4 is 152 Å². The molecule has 0 aliphatic carbocycles. The minimum absolute atomic E-state index is 0. The fourth-order valence-corrected chi connectivity index (χ4v) is 12.8. The van der Waals surface area contributed by atoms with Crippen molar-refractivity contribution in [2.45, 2.75) is 112 Å². The van der Waals surface area contributed by atoms with Gasteiger partial charge in [-0.05, 0) is 70.7 Å². The van der Waals surface area contributed by atoms with Gasteiger partial charge in [0.25, 0.3) is 0 Å². The summed E-state index contributed by atoms with van der Waals surface area (Å²) in [4.78, 5) is 236. The van der Waals surface area contributed by atoms with Crippen LogP contribution in [0.5, 0.6) is 0 Å². The van der Waals surface area contributed by atoms with Gasteiger partial charge in [-0.1, -0.05) is 121 Å². The molecule has 12 rings (SSSR count). The molecule has 0 spiro atoms. The first-order valence-electron chi connectivity index (χ1n) is 42.8. The van der Waals surface area contributed by atoms with Crippen molar-refractivity contribution in [1.29, 1.82) is 0 Å². The predicted octanol–water partition coefficient (Wildman–Crippen LogP) is 1.57. The Bertz CT molecular complexity index is 6290. The standard InChI is InChI=1S/C45H52N14O11.C43H48N14O11.Na.2H2O/c1-5-67-35(63)23-57(34(62)22-59-29-53-37-39(49-27-51-41(37)59)55-44(66)69-25-31-14-10-7-11-15-31)18-16-46-32(60)20-56(19-17-47-42(64)70-45(2,3)4)33(61)21-58-28-52-36-38(48-26-50-40(36)58)54-43(65)68-24-30-12-8-6-9-13-30;1-43(2,3)68-40(63)45-15-17-54(31(59)19-56-26-50-34-36(46-24-48-38(34)56)52-41(64)66-22-28-10-6-4-7-11-28)18-30(58)44-14-16-55(21-33(61)62)32(60)20-57-27-51-35-37(47-25-49-39(35)57)53-42(65)67-23-29-12-8-5-9-13-29;;;/h6-15,26-29H,5,16-25H2,1-4H3,(H,46,60)(H,47,64)(H,48,50,54,65)(H,49,51,55,66);4-13,24-27H,14-23H2,1-3H3,(H,44,58)(H,45,63)(H,61,62)(H,46,48,52,64)(H,47,49,53,65);;2*1H2/q;;+1;;/p-1. The molecular weight excluding hydrogens is 1860 g/mol. The van der Waals surface area contributed by atoms with E-state index in [2.05, 4.69) is 102 Å². The first kappa shape index (κ1) is 110. The molecule has 53 heteroatoms. The second kappa shape index (κ2) is 53.8. The molecule has 141 heavy (non-hydrogen) atoms. The number of nitrogens with one attached hydrogen (secondary N) is 8. The third-order valence-corrected chi connectivity index (χ3v) is 19.1. The van der Waals surface area contributed by atoms with Gasteiger partial charge in [0.1, 0.15) is 102 Å². The summed E-state index contributed by atoms with van der Waals surface area (Å²) in [5, 5.41) is 30.2. The van der Waals surface area contributed by atoms with E-state index in [9.17, 15) is 72.2 Å². The van der Waals surface area contributed by atoms with E-state index in [4.69, 9.17) is 33.2 Å². The van der Waals surface area contributed by atoms with Crippen LogP contribution >= 0.6 is 0 Å². The number of carboxylic acids is 1. The van der Waals surface area contributed by atoms with Gasteiger partial charge in [-0.15, -0.1) is 0 Å². The Morgan fingerprint density at radius 1 is 0.333 bits per heavy atom. The van der Waals surface area contributed by atoms with E-state index in [1.807, 2.05) is 60.7 Å². The van der Waals surface area contributed by atoms with Crippen LogP contribution in [0.4, 0.5) is 52.0 Å². The third-order valence-electron chi connectivity index (χ3n) is 19.1. The van der Waals surface area contributed by atoms with Crippen LogP contribution in [0.1, 0.15) is 70.7 Å². The number of amides is 12. The van der Waals surface area contributed by atoms with Gasteiger partial charge in [-0.3, -0.25) is 59.6 Å². The maximum absolute atomic E-state index is 13.9. The number of hydrogen-bond donors (Lipinski definition) is 9. The molecule has 0 saturated heterocycles. The molecule has 0 bridgehead atoms. The maximum Gasteiger partial charge on any atom is 1.00 e. The number of anilines is 4. The zero-order chi connectivity index (χ0) is 98.7. The summed E-state index contributed by atoms with van der Waals surface area (Å²) in [6.45, 7) is 6.92. The van der Waals surface area contributed by atoms with E-state index >= 15 is 0 Å². The van der Waals surface area contributed by atoms with Crippen molar-refractivity contribution in [3.63, 3.8) is 0 Å². The van der Waals surface area contributed by atoms with Crippen LogP contribution in [0.2, 0.25) is 0 Å². The van der Waals surface area contributed by atoms with Crippen molar-refractivity contribution in [3.05, 3.63) is 194 Å². The number of aromatic nitrogens is 16. The Morgan fingerprint density at radius 3 is 0.830 bits per heavy atom. The van der Waals surface area contributed by atoms with E-state index < -0.39 is 128 Å². The van der Waals surface area contributed by atoms with Crippen LogP contribution in [-0.4, -0.2) is 294 Å². The number of alkyl carbamates (subject to hydrolysis) is 2. The smallest absolute Gasteiger partial charge is 0.870 e. The van der Waals surface area contributed by atoms with Crippen molar-refractivity contribution < 1.29 is 146 Å². The fraction of sp³-hybridized carbons (Fsp3) is 0.341.